The Morgan fingerprint density at radius 2 is 1.93 bits per heavy atom. The van der Waals surface area contributed by atoms with Gasteiger partial charge in [0, 0.05) is 26.1 Å². The van der Waals surface area contributed by atoms with E-state index in [4.69, 9.17) is 16.3 Å². The third-order valence-electron chi connectivity index (χ3n) is 2.99. The van der Waals surface area contributed by atoms with Crippen molar-refractivity contribution in [1.82, 2.24) is 5.32 Å². The summed E-state index contributed by atoms with van der Waals surface area (Å²) in [6, 6.07) is 0. The first kappa shape index (κ1) is 14.2. The lowest BCUT2D eigenvalue weighted by atomic mass is 9.84. The maximum atomic E-state index is 6.00. The largest absolute Gasteiger partial charge is 0.385 e. The SMILES string of the molecule is CCC(CC)(CCl)CNCCCOC. The molecule has 0 bridgehead atoms. The zero-order valence-corrected chi connectivity index (χ0v) is 10.5. The molecule has 0 unspecified atom stereocenters. The summed E-state index contributed by atoms with van der Waals surface area (Å²) >= 11 is 6.00. The third-order valence-corrected chi connectivity index (χ3v) is 3.55. The molecule has 0 rings (SSSR count). The highest BCUT2D eigenvalue weighted by atomic mass is 35.5. The topological polar surface area (TPSA) is 21.3 Å². The van der Waals surface area contributed by atoms with Gasteiger partial charge in [0.05, 0.1) is 0 Å². The van der Waals surface area contributed by atoms with Crippen molar-refractivity contribution in [3.8, 4) is 0 Å². The second-order valence-electron chi connectivity index (χ2n) is 3.86. The van der Waals surface area contributed by atoms with E-state index in [1.165, 1.54) is 0 Å². The van der Waals surface area contributed by atoms with E-state index in [1.807, 2.05) is 0 Å². The van der Waals surface area contributed by atoms with Crippen molar-refractivity contribution in [2.45, 2.75) is 33.1 Å². The standard InChI is InChI=1S/C11H24ClNO/c1-4-11(5-2,9-12)10-13-7-6-8-14-3/h13H,4-10H2,1-3H3. The van der Waals surface area contributed by atoms with E-state index in [-0.39, 0.29) is 5.41 Å². The van der Waals surface area contributed by atoms with Gasteiger partial charge in [-0.15, -0.1) is 11.6 Å². The zero-order valence-electron chi connectivity index (χ0n) is 9.74. The van der Waals surface area contributed by atoms with Gasteiger partial charge in [0.2, 0.25) is 0 Å². The molecule has 0 aliphatic carbocycles. The molecule has 3 heteroatoms. The van der Waals surface area contributed by atoms with Crippen LogP contribution >= 0.6 is 11.6 Å². The van der Waals surface area contributed by atoms with Crippen LogP contribution in [0.15, 0.2) is 0 Å². The monoisotopic (exact) mass is 221 g/mol. The minimum absolute atomic E-state index is 0.286. The molecule has 0 saturated heterocycles. The van der Waals surface area contributed by atoms with Gasteiger partial charge in [-0.25, -0.2) is 0 Å². The molecule has 14 heavy (non-hydrogen) atoms. The van der Waals surface area contributed by atoms with Crippen LogP contribution in [0.4, 0.5) is 0 Å². The normalized spacial score (nSPS) is 12.0. The third kappa shape index (κ3) is 5.18. The van der Waals surface area contributed by atoms with Crippen LogP contribution in [-0.2, 0) is 4.74 Å². The van der Waals surface area contributed by atoms with Gasteiger partial charge in [0.1, 0.15) is 0 Å². The van der Waals surface area contributed by atoms with Gasteiger partial charge >= 0.3 is 0 Å². The van der Waals surface area contributed by atoms with Crippen LogP contribution in [0, 0.1) is 5.41 Å². The molecule has 0 aromatic heterocycles. The Kier molecular flexibility index (Phi) is 8.64. The van der Waals surface area contributed by atoms with Gasteiger partial charge < -0.3 is 10.1 Å². The molecule has 0 saturated carbocycles. The Morgan fingerprint density at radius 3 is 2.36 bits per heavy atom. The molecule has 86 valence electrons. The van der Waals surface area contributed by atoms with Crippen LogP contribution in [0.2, 0.25) is 0 Å². The van der Waals surface area contributed by atoms with Crippen LogP contribution in [0.5, 0.6) is 0 Å². The lowest BCUT2D eigenvalue weighted by molar-refractivity contribution is 0.191. The number of nitrogens with one attached hydrogen (secondary N) is 1. The highest BCUT2D eigenvalue weighted by Crippen LogP contribution is 2.26. The number of alkyl halides is 1. The minimum Gasteiger partial charge on any atom is -0.385 e. The van der Waals surface area contributed by atoms with Gasteiger partial charge in [0.25, 0.3) is 0 Å². The number of methoxy groups -OCH3 is 1. The first-order valence-corrected chi connectivity index (χ1v) is 6.03. The predicted molar refractivity (Wildman–Crippen MR) is 63.1 cm³/mol. The van der Waals surface area contributed by atoms with Crippen LogP contribution in [0.3, 0.4) is 0 Å². The molecule has 0 aliphatic rings. The van der Waals surface area contributed by atoms with Crippen molar-refractivity contribution in [1.29, 1.82) is 0 Å². The number of hydrogen-bond acceptors (Lipinski definition) is 2. The van der Waals surface area contributed by atoms with Gasteiger partial charge in [0.15, 0.2) is 0 Å². The van der Waals surface area contributed by atoms with E-state index in [9.17, 15) is 0 Å². The lowest BCUT2D eigenvalue weighted by Gasteiger charge is -2.29. The molecule has 0 heterocycles. The lowest BCUT2D eigenvalue weighted by Crippen LogP contribution is -2.35. The Bertz CT molecular complexity index is 118. The second kappa shape index (κ2) is 8.51. The van der Waals surface area contributed by atoms with Crippen molar-refractivity contribution >= 4 is 11.6 Å². The Morgan fingerprint density at radius 1 is 1.29 bits per heavy atom. The molecular formula is C11H24ClNO. The van der Waals surface area contributed by atoms with Gasteiger partial charge in [-0.1, -0.05) is 13.8 Å². The summed E-state index contributed by atoms with van der Waals surface area (Å²) in [6.07, 6.45) is 3.36. The van der Waals surface area contributed by atoms with E-state index in [1.54, 1.807) is 7.11 Å². The average Bonchev–Trinajstić information content (AvgIpc) is 2.24. The summed E-state index contributed by atoms with van der Waals surface area (Å²) in [4.78, 5) is 0. The molecule has 0 atom stereocenters. The quantitative estimate of drug-likeness (QED) is 0.478. The highest BCUT2D eigenvalue weighted by Gasteiger charge is 2.23. The minimum atomic E-state index is 0.286. The number of rotatable bonds is 9. The fraction of sp³-hybridized carbons (Fsp3) is 1.00. The summed E-state index contributed by atoms with van der Waals surface area (Å²) in [7, 11) is 1.74. The molecule has 2 nitrogen and oxygen atoms in total. The maximum absolute atomic E-state index is 6.00. The smallest absolute Gasteiger partial charge is 0.0474 e. The predicted octanol–water partition coefficient (Wildman–Crippen LogP) is 2.66. The summed E-state index contributed by atoms with van der Waals surface area (Å²) in [5.41, 5.74) is 0.286. The second-order valence-corrected chi connectivity index (χ2v) is 4.13. The molecule has 0 radical (unpaired) electrons. The molecule has 0 aromatic carbocycles. The van der Waals surface area contributed by atoms with E-state index in [2.05, 4.69) is 19.2 Å². The molecule has 0 amide bonds. The molecule has 0 aromatic rings. The first-order valence-electron chi connectivity index (χ1n) is 5.50. The van der Waals surface area contributed by atoms with E-state index in [0.29, 0.717) is 0 Å². The fourth-order valence-electron chi connectivity index (χ4n) is 1.43. The summed E-state index contributed by atoms with van der Waals surface area (Å²) in [5, 5.41) is 3.45. The van der Waals surface area contributed by atoms with Crippen LogP contribution in [-0.4, -0.2) is 32.7 Å². The van der Waals surface area contributed by atoms with Crippen molar-refractivity contribution in [2.75, 3.05) is 32.7 Å². The maximum Gasteiger partial charge on any atom is 0.0474 e. The van der Waals surface area contributed by atoms with E-state index < -0.39 is 0 Å². The Hall–Kier alpha value is 0.210. The Balaban J connectivity index is 3.61. The van der Waals surface area contributed by atoms with Crippen molar-refractivity contribution in [2.24, 2.45) is 5.41 Å². The van der Waals surface area contributed by atoms with Crippen molar-refractivity contribution in [3.63, 3.8) is 0 Å². The molecule has 0 fully saturated rings. The van der Waals surface area contributed by atoms with Crippen molar-refractivity contribution < 1.29 is 4.74 Å². The summed E-state index contributed by atoms with van der Waals surface area (Å²) in [5.74, 6) is 0.747. The van der Waals surface area contributed by atoms with E-state index in [0.717, 1.165) is 44.8 Å². The number of ether oxygens (including phenoxy) is 1. The summed E-state index contributed by atoms with van der Waals surface area (Å²) in [6.45, 7) is 7.30. The first-order chi connectivity index (χ1) is 6.74. The molecule has 0 aliphatic heterocycles. The average molecular weight is 222 g/mol. The van der Waals surface area contributed by atoms with Gasteiger partial charge in [-0.2, -0.15) is 0 Å². The van der Waals surface area contributed by atoms with Crippen LogP contribution in [0.25, 0.3) is 0 Å². The zero-order chi connectivity index (χ0) is 10.9. The Labute approximate surface area is 93.4 Å². The van der Waals surface area contributed by atoms with Crippen LogP contribution in [0.1, 0.15) is 33.1 Å². The van der Waals surface area contributed by atoms with Crippen molar-refractivity contribution in [3.05, 3.63) is 0 Å². The summed E-state index contributed by atoms with van der Waals surface area (Å²) < 4.78 is 4.99. The van der Waals surface area contributed by atoms with E-state index >= 15 is 0 Å². The molecular weight excluding hydrogens is 198 g/mol. The number of hydrogen-bond donors (Lipinski definition) is 1. The van der Waals surface area contributed by atoms with Gasteiger partial charge in [-0.3, -0.25) is 0 Å². The molecule has 0 spiro atoms. The molecule has 1 N–H and O–H groups in total. The fourth-order valence-corrected chi connectivity index (χ4v) is 1.90. The van der Waals surface area contributed by atoms with Crippen LogP contribution < -0.4 is 5.32 Å². The van der Waals surface area contributed by atoms with Gasteiger partial charge in [-0.05, 0) is 31.2 Å². The highest BCUT2D eigenvalue weighted by molar-refractivity contribution is 6.18. The number of halogens is 1.